The van der Waals surface area contributed by atoms with Gasteiger partial charge in [0.1, 0.15) is 18.1 Å². The predicted octanol–water partition coefficient (Wildman–Crippen LogP) is -0.700. The Hall–Kier alpha value is -1.85. The molecule has 0 aromatic heterocycles. The van der Waals surface area contributed by atoms with Crippen LogP contribution in [0.15, 0.2) is 0 Å². The fraction of sp³-hybridized carbons (Fsp3) is 0.789. The summed E-state index contributed by atoms with van der Waals surface area (Å²) in [5.74, 6) is -3.12. The summed E-state index contributed by atoms with van der Waals surface area (Å²) in [6.07, 6.45) is 2.92. The van der Waals surface area contributed by atoms with Crippen LogP contribution in [0, 0.1) is 11.8 Å². The number of rotatable bonds is 14. The molecule has 7 N–H and O–H groups in total. The van der Waals surface area contributed by atoms with E-state index < -0.39 is 60.4 Å². The molecule has 5 unspecified atom stereocenters. The number of hydrogen-bond acceptors (Lipinski definition) is 7. The van der Waals surface area contributed by atoms with E-state index in [-0.39, 0.29) is 5.92 Å². The highest BCUT2D eigenvalue weighted by Crippen LogP contribution is 2.10. The van der Waals surface area contributed by atoms with E-state index >= 15 is 0 Å². The molecule has 5 atom stereocenters. The van der Waals surface area contributed by atoms with Gasteiger partial charge < -0.3 is 31.9 Å². The molecule has 0 saturated heterocycles. The van der Waals surface area contributed by atoms with Crippen molar-refractivity contribution in [2.75, 3.05) is 18.6 Å². The molecule has 0 bridgehead atoms. The molecule has 0 rings (SSSR count). The first-order valence-electron chi connectivity index (χ1n) is 9.99. The number of nitrogens with one attached hydrogen (secondary N) is 3. The van der Waals surface area contributed by atoms with E-state index in [1.54, 1.807) is 32.5 Å². The normalized spacial score (nSPS) is 16.1. The molecule has 174 valence electrons. The van der Waals surface area contributed by atoms with Crippen molar-refractivity contribution in [3.63, 3.8) is 0 Å². The molecule has 10 nitrogen and oxygen atoms in total. The third kappa shape index (κ3) is 9.31. The summed E-state index contributed by atoms with van der Waals surface area (Å²) in [7, 11) is 0. The van der Waals surface area contributed by atoms with Crippen LogP contribution in [0.25, 0.3) is 0 Å². The number of carboxylic acids is 1. The number of amides is 3. The van der Waals surface area contributed by atoms with Crippen LogP contribution in [0.1, 0.15) is 40.5 Å². The lowest BCUT2D eigenvalue weighted by molar-refractivity contribution is -0.144. The van der Waals surface area contributed by atoms with E-state index in [9.17, 15) is 29.4 Å². The Morgan fingerprint density at radius 2 is 1.53 bits per heavy atom. The van der Waals surface area contributed by atoms with Gasteiger partial charge in [0.2, 0.25) is 17.7 Å². The fourth-order valence-electron chi connectivity index (χ4n) is 2.56. The first-order valence-corrected chi connectivity index (χ1v) is 11.4. The number of aliphatic hydroxyl groups is 1. The second kappa shape index (κ2) is 14.2. The first-order chi connectivity index (χ1) is 14.0. The summed E-state index contributed by atoms with van der Waals surface area (Å²) in [5.41, 5.74) is 5.86. The van der Waals surface area contributed by atoms with Gasteiger partial charge in [-0.25, -0.2) is 4.79 Å². The second-order valence-corrected chi connectivity index (χ2v) is 8.56. The van der Waals surface area contributed by atoms with E-state index in [0.29, 0.717) is 18.6 Å². The van der Waals surface area contributed by atoms with Gasteiger partial charge in [0.25, 0.3) is 0 Å². The molecule has 0 aromatic rings. The molecule has 11 heteroatoms. The monoisotopic (exact) mass is 448 g/mol. The number of nitrogens with two attached hydrogens (primary N) is 1. The molecule has 0 aromatic carbocycles. The van der Waals surface area contributed by atoms with Crippen molar-refractivity contribution in [2.45, 2.75) is 64.7 Å². The molecule has 0 saturated carbocycles. The van der Waals surface area contributed by atoms with Crippen LogP contribution >= 0.6 is 11.8 Å². The number of carbonyl (C=O) groups excluding carboxylic acids is 3. The Morgan fingerprint density at radius 3 is 1.97 bits per heavy atom. The standard InChI is InChI=1S/C19H36N4O6S/c1-6-11(4)15(23-16(25)12(20)7-8-30-5)18(27)21-13(9-24)17(26)22-14(10(2)3)19(28)29/h10-15,24H,6-9,20H2,1-5H3,(H,21,27)(H,22,26)(H,23,25)(H,28,29). The lowest BCUT2D eigenvalue weighted by atomic mass is 9.97. The number of aliphatic carboxylic acids is 1. The minimum absolute atomic E-state index is 0.258. The van der Waals surface area contributed by atoms with E-state index in [2.05, 4.69) is 16.0 Å². The summed E-state index contributed by atoms with van der Waals surface area (Å²) in [6, 6.07) is -4.24. The highest BCUT2D eigenvalue weighted by molar-refractivity contribution is 7.98. The number of aliphatic hydroxyl groups excluding tert-OH is 1. The average Bonchev–Trinajstić information content (AvgIpc) is 2.70. The van der Waals surface area contributed by atoms with E-state index in [0.717, 1.165) is 0 Å². The first kappa shape index (κ1) is 28.1. The molecule has 3 amide bonds. The van der Waals surface area contributed by atoms with Crippen molar-refractivity contribution < 1.29 is 29.4 Å². The summed E-state index contributed by atoms with van der Waals surface area (Å²) in [5, 5.41) is 26.1. The van der Waals surface area contributed by atoms with Gasteiger partial charge >= 0.3 is 5.97 Å². The molecule has 0 aliphatic heterocycles. The largest absolute Gasteiger partial charge is 0.480 e. The van der Waals surface area contributed by atoms with Gasteiger partial charge in [0.15, 0.2) is 0 Å². The van der Waals surface area contributed by atoms with Gasteiger partial charge in [-0.3, -0.25) is 14.4 Å². The van der Waals surface area contributed by atoms with Crippen LogP contribution < -0.4 is 21.7 Å². The van der Waals surface area contributed by atoms with Gasteiger partial charge in [-0.1, -0.05) is 34.1 Å². The van der Waals surface area contributed by atoms with Crippen LogP contribution in [0.2, 0.25) is 0 Å². The van der Waals surface area contributed by atoms with Gasteiger partial charge in [-0.2, -0.15) is 11.8 Å². The Labute approximate surface area is 182 Å². The molecule has 30 heavy (non-hydrogen) atoms. The second-order valence-electron chi connectivity index (χ2n) is 7.57. The Balaban J connectivity index is 5.24. The SMILES string of the molecule is CCC(C)C(NC(=O)C(N)CCSC)C(=O)NC(CO)C(=O)NC(C(=O)O)C(C)C. The lowest BCUT2D eigenvalue weighted by Gasteiger charge is -2.27. The topological polar surface area (TPSA) is 171 Å². The van der Waals surface area contributed by atoms with Crippen LogP contribution in [-0.2, 0) is 19.2 Å². The number of carboxylic acid groups (broad SMARTS) is 1. The van der Waals surface area contributed by atoms with Crippen molar-refractivity contribution >= 4 is 35.5 Å². The smallest absolute Gasteiger partial charge is 0.326 e. The highest BCUT2D eigenvalue weighted by atomic mass is 32.2. The third-order valence-electron chi connectivity index (χ3n) is 4.81. The lowest BCUT2D eigenvalue weighted by Crippen LogP contribution is -2.59. The highest BCUT2D eigenvalue weighted by Gasteiger charge is 2.32. The van der Waals surface area contributed by atoms with E-state index in [1.165, 1.54) is 0 Å². The molecular formula is C19H36N4O6S. The maximum Gasteiger partial charge on any atom is 0.326 e. The molecule has 0 fully saturated rings. The molecular weight excluding hydrogens is 412 g/mol. The zero-order valence-electron chi connectivity index (χ0n) is 18.3. The number of carbonyl (C=O) groups is 4. The van der Waals surface area contributed by atoms with Crippen molar-refractivity contribution in [1.29, 1.82) is 0 Å². The Bertz CT molecular complexity index is 589. The minimum Gasteiger partial charge on any atom is -0.480 e. The minimum atomic E-state index is -1.35. The number of thioether (sulfide) groups is 1. The summed E-state index contributed by atoms with van der Waals surface area (Å²) < 4.78 is 0. The van der Waals surface area contributed by atoms with Crippen LogP contribution in [0.5, 0.6) is 0 Å². The maximum atomic E-state index is 12.8. The molecule has 0 heterocycles. The summed E-state index contributed by atoms with van der Waals surface area (Å²) in [6.45, 7) is 6.14. The molecule has 0 spiro atoms. The van der Waals surface area contributed by atoms with E-state index in [4.69, 9.17) is 5.73 Å². The number of hydrogen-bond donors (Lipinski definition) is 6. The van der Waals surface area contributed by atoms with Crippen molar-refractivity contribution in [3.05, 3.63) is 0 Å². The van der Waals surface area contributed by atoms with Crippen LogP contribution in [-0.4, -0.2) is 76.7 Å². The van der Waals surface area contributed by atoms with Gasteiger partial charge in [-0.15, -0.1) is 0 Å². The Morgan fingerprint density at radius 1 is 0.967 bits per heavy atom. The van der Waals surface area contributed by atoms with Crippen LogP contribution in [0.3, 0.4) is 0 Å². The third-order valence-corrected chi connectivity index (χ3v) is 5.45. The maximum absolute atomic E-state index is 12.8. The van der Waals surface area contributed by atoms with Gasteiger partial charge in [-0.05, 0) is 30.3 Å². The fourth-order valence-corrected chi connectivity index (χ4v) is 3.05. The summed E-state index contributed by atoms with van der Waals surface area (Å²) in [4.78, 5) is 48.8. The van der Waals surface area contributed by atoms with E-state index in [1.807, 2.05) is 13.2 Å². The van der Waals surface area contributed by atoms with Crippen molar-refractivity contribution in [2.24, 2.45) is 17.6 Å². The molecule has 0 aliphatic carbocycles. The van der Waals surface area contributed by atoms with Crippen molar-refractivity contribution in [1.82, 2.24) is 16.0 Å². The molecule has 0 aliphatic rings. The predicted molar refractivity (Wildman–Crippen MR) is 116 cm³/mol. The quantitative estimate of drug-likeness (QED) is 0.202. The zero-order chi connectivity index (χ0) is 23.4. The van der Waals surface area contributed by atoms with Crippen molar-refractivity contribution in [3.8, 4) is 0 Å². The Kier molecular flexibility index (Phi) is 13.3. The zero-order valence-corrected chi connectivity index (χ0v) is 19.1. The molecule has 0 radical (unpaired) electrons. The van der Waals surface area contributed by atoms with Gasteiger partial charge in [0, 0.05) is 0 Å². The average molecular weight is 449 g/mol. The summed E-state index contributed by atoms with van der Waals surface area (Å²) >= 11 is 1.55. The van der Waals surface area contributed by atoms with Crippen LogP contribution in [0.4, 0.5) is 0 Å². The van der Waals surface area contributed by atoms with Gasteiger partial charge in [0.05, 0.1) is 12.6 Å².